The fourth-order valence-electron chi connectivity index (χ4n) is 2.32. The van der Waals surface area contributed by atoms with Crippen molar-refractivity contribution in [3.63, 3.8) is 0 Å². The van der Waals surface area contributed by atoms with E-state index < -0.39 is 0 Å². The smallest absolute Gasteiger partial charge is 0.0687 e. The maximum atomic E-state index is 9.04. The molecule has 1 saturated heterocycles. The van der Waals surface area contributed by atoms with E-state index >= 15 is 0 Å². The van der Waals surface area contributed by atoms with Crippen LogP contribution in [0.15, 0.2) is 0 Å². The maximum absolute atomic E-state index is 9.04. The molecule has 0 aromatic rings. The number of nitriles is 1. The fourth-order valence-corrected chi connectivity index (χ4v) is 2.32. The van der Waals surface area contributed by atoms with Gasteiger partial charge in [-0.25, -0.2) is 0 Å². The van der Waals surface area contributed by atoms with Gasteiger partial charge in [0, 0.05) is 0 Å². The van der Waals surface area contributed by atoms with Gasteiger partial charge in [0.1, 0.15) is 0 Å². The lowest BCUT2D eigenvalue weighted by Crippen LogP contribution is -2.38. The van der Waals surface area contributed by atoms with Crippen LogP contribution < -0.4 is 0 Å². The third-order valence-electron chi connectivity index (χ3n) is 3.81. The Bertz CT molecular complexity index is 221. The van der Waals surface area contributed by atoms with Crippen molar-refractivity contribution in [1.29, 1.82) is 5.26 Å². The van der Waals surface area contributed by atoms with Crippen LogP contribution in [0.5, 0.6) is 0 Å². The van der Waals surface area contributed by atoms with Crippen molar-refractivity contribution in [2.24, 2.45) is 5.41 Å². The molecule has 2 heteroatoms. The predicted octanol–water partition coefficient (Wildman–Crippen LogP) is 3.58. The molecule has 0 aliphatic carbocycles. The van der Waals surface area contributed by atoms with E-state index in [4.69, 9.17) is 5.26 Å². The summed E-state index contributed by atoms with van der Waals surface area (Å²) in [6.45, 7) is 7.85. The van der Waals surface area contributed by atoms with E-state index in [2.05, 4.69) is 24.8 Å². The van der Waals surface area contributed by atoms with Gasteiger partial charge in [-0.05, 0) is 45.8 Å². The molecule has 0 N–H and O–H groups in total. The Kier molecular flexibility index (Phi) is 5.84. The Labute approximate surface area is 101 Å². The van der Waals surface area contributed by atoms with E-state index in [1.807, 2.05) is 0 Å². The van der Waals surface area contributed by atoms with Gasteiger partial charge in [0.05, 0.1) is 11.5 Å². The lowest BCUT2D eigenvalue weighted by atomic mass is 9.82. The molecule has 2 nitrogen and oxygen atoms in total. The highest BCUT2D eigenvalue weighted by Crippen LogP contribution is 2.29. The van der Waals surface area contributed by atoms with Crippen molar-refractivity contribution in [1.82, 2.24) is 4.90 Å². The second kappa shape index (κ2) is 6.91. The highest BCUT2D eigenvalue weighted by Gasteiger charge is 2.29. The molecule has 16 heavy (non-hydrogen) atoms. The van der Waals surface area contributed by atoms with Crippen LogP contribution in [-0.2, 0) is 0 Å². The molecule has 1 heterocycles. The third kappa shape index (κ3) is 4.53. The lowest BCUT2D eigenvalue weighted by molar-refractivity contribution is 0.154. The summed E-state index contributed by atoms with van der Waals surface area (Å²) >= 11 is 0. The van der Waals surface area contributed by atoms with Gasteiger partial charge in [0.2, 0.25) is 0 Å². The molecule has 0 saturated carbocycles. The number of nitrogens with zero attached hydrogens (tertiary/aromatic N) is 2. The first kappa shape index (κ1) is 13.5. The van der Waals surface area contributed by atoms with Gasteiger partial charge in [-0.2, -0.15) is 5.26 Å². The van der Waals surface area contributed by atoms with Crippen molar-refractivity contribution in [2.45, 2.75) is 58.8 Å². The topological polar surface area (TPSA) is 27.0 Å². The molecule has 0 amide bonds. The SMILES string of the molecule is CCCCCCCN1CCC(C)(C#N)CC1. The monoisotopic (exact) mass is 222 g/mol. The Balaban J connectivity index is 2.07. The largest absolute Gasteiger partial charge is 0.303 e. The summed E-state index contributed by atoms with van der Waals surface area (Å²) in [5, 5.41) is 9.04. The van der Waals surface area contributed by atoms with Gasteiger partial charge >= 0.3 is 0 Å². The molecule has 0 unspecified atom stereocenters. The molecule has 0 bridgehead atoms. The lowest BCUT2D eigenvalue weighted by Gasteiger charge is -2.34. The minimum absolute atomic E-state index is 0.0429. The van der Waals surface area contributed by atoms with Crippen LogP contribution in [0.1, 0.15) is 58.8 Å². The summed E-state index contributed by atoms with van der Waals surface area (Å²) in [6, 6.07) is 2.46. The van der Waals surface area contributed by atoms with Gasteiger partial charge in [-0.1, -0.05) is 32.6 Å². The first-order valence-electron chi connectivity index (χ1n) is 6.84. The van der Waals surface area contributed by atoms with Crippen molar-refractivity contribution in [3.05, 3.63) is 0 Å². The fraction of sp³-hybridized carbons (Fsp3) is 0.929. The second-order valence-electron chi connectivity index (χ2n) is 5.43. The number of unbranched alkanes of at least 4 members (excludes halogenated alkanes) is 4. The third-order valence-corrected chi connectivity index (χ3v) is 3.81. The average molecular weight is 222 g/mol. The molecular formula is C14H26N2. The molecule has 0 spiro atoms. The van der Waals surface area contributed by atoms with Crippen LogP contribution in [0, 0.1) is 16.7 Å². The molecule has 0 aromatic carbocycles. The zero-order valence-corrected chi connectivity index (χ0v) is 11.0. The van der Waals surface area contributed by atoms with Gasteiger partial charge in [0.15, 0.2) is 0 Å². The summed E-state index contributed by atoms with van der Waals surface area (Å²) in [5.41, 5.74) is -0.0429. The molecule has 0 atom stereocenters. The molecule has 0 aromatic heterocycles. The van der Waals surface area contributed by atoms with E-state index in [9.17, 15) is 0 Å². The summed E-state index contributed by atoms with van der Waals surface area (Å²) in [6.07, 6.45) is 8.91. The van der Waals surface area contributed by atoms with Gasteiger partial charge in [0.25, 0.3) is 0 Å². The van der Waals surface area contributed by atoms with E-state index in [0.717, 1.165) is 25.9 Å². The number of rotatable bonds is 6. The summed E-state index contributed by atoms with van der Waals surface area (Å²) < 4.78 is 0. The van der Waals surface area contributed by atoms with Crippen LogP contribution in [-0.4, -0.2) is 24.5 Å². The van der Waals surface area contributed by atoms with Gasteiger partial charge in [-0.3, -0.25) is 0 Å². The van der Waals surface area contributed by atoms with Crippen molar-refractivity contribution in [2.75, 3.05) is 19.6 Å². The Morgan fingerprint density at radius 1 is 1.12 bits per heavy atom. The molecule has 1 rings (SSSR count). The summed E-state index contributed by atoms with van der Waals surface area (Å²) in [5.74, 6) is 0. The van der Waals surface area contributed by atoms with Crippen molar-refractivity contribution >= 4 is 0 Å². The van der Waals surface area contributed by atoms with Gasteiger partial charge < -0.3 is 4.90 Å². The van der Waals surface area contributed by atoms with E-state index in [1.54, 1.807) is 0 Å². The molecule has 92 valence electrons. The minimum atomic E-state index is -0.0429. The van der Waals surface area contributed by atoms with E-state index in [1.165, 1.54) is 38.6 Å². The van der Waals surface area contributed by atoms with Gasteiger partial charge in [-0.15, -0.1) is 0 Å². The maximum Gasteiger partial charge on any atom is 0.0687 e. The molecule has 0 radical (unpaired) electrons. The van der Waals surface area contributed by atoms with Crippen LogP contribution in [0.3, 0.4) is 0 Å². The minimum Gasteiger partial charge on any atom is -0.303 e. The van der Waals surface area contributed by atoms with Crippen LogP contribution in [0.2, 0.25) is 0 Å². The van der Waals surface area contributed by atoms with Crippen molar-refractivity contribution < 1.29 is 0 Å². The Hall–Kier alpha value is -0.550. The second-order valence-corrected chi connectivity index (χ2v) is 5.43. The molecule has 1 aliphatic rings. The predicted molar refractivity (Wildman–Crippen MR) is 68.2 cm³/mol. The van der Waals surface area contributed by atoms with Crippen LogP contribution in [0.25, 0.3) is 0 Å². The summed E-state index contributed by atoms with van der Waals surface area (Å²) in [4.78, 5) is 2.53. The number of piperidine rings is 1. The highest BCUT2D eigenvalue weighted by atomic mass is 15.1. The standard InChI is InChI=1S/C14H26N2/c1-3-4-5-6-7-10-16-11-8-14(2,13-15)9-12-16/h3-12H2,1-2H3. The molecular weight excluding hydrogens is 196 g/mol. The Morgan fingerprint density at radius 3 is 2.31 bits per heavy atom. The number of hydrogen-bond donors (Lipinski definition) is 0. The van der Waals surface area contributed by atoms with Crippen LogP contribution in [0.4, 0.5) is 0 Å². The first-order valence-corrected chi connectivity index (χ1v) is 6.84. The Morgan fingerprint density at radius 2 is 1.75 bits per heavy atom. The molecule has 1 fully saturated rings. The van der Waals surface area contributed by atoms with E-state index in [-0.39, 0.29) is 5.41 Å². The first-order chi connectivity index (χ1) is 7.70. The number of hydrogen-bond acceptors (Lipinski definition) is 2. The quantitative estimate of drug-likeness (QED) is 0.642. The zero-order chi connectivity index (χ0) is 11.9. The highest BCUT2D eigenvalue weighted by molar-refractivity contribution is 4.98. The molecule has 1 aliphatic heterocycles. The van der Waals surface area contributed by atoms with Crippen LogP contribution >= 0.6 is 0 Å². The average Bonchev–Trinajstić information content (AvgIpc) is 2.31. The van der Waals surface area contributed by atoms with Crippen molar-refractivity contribution in [3.8, 4) is 6.07 Å². The summed E-state index contributed by atoms with van der Waals surface area (Å²) in [7, 11) is 0. The normalized spacial score (nSPS) is 20.6. The number of likely N-dealkylation sites (tertiary alicyclic amines) is 1. The van der Waals surface area contributed by atoms with E-state index in [0.29, 0.717) is 0 Å². The zero-order valence-electron chi connectivity index (χ0n) is 11.0.